The molecule has 0 saturated heterocycles. The Balaban J connectivity index is 3.22. The Morgan fingerprint density at radius 1 is 1.50 bits per heavy atom. The van der Waals surface area contributed by atoms with E-state index < -0.39 is 33.2 Å². The molecule has 0 bridgehead atoms. The zero-order chi connectivity index (χ0) is 12.3. The maximum Gasteiger partial charge on any atom is 0.342 e. The molecule has 8 heteroatoms. The van der Waals surface area contributed by atoms with E-state index in [1.54, 1.807) is 0 Å². The minimum atomic E-state index is -2.13. The fraction of sp³-hybridized carbons (Fsp3) is 0.125. The molecule has 0 aliphatic carbocycles. The van der Waals surface area contributed by atoms with E-state index in [0.717, 1.165) is 12.1 Å². The Labute approximate surface area is 92.1 Å². The smallest absolute Gasteiger partial charge is 0.342 e. The third-order valence-corrected chi connectivity index (χ3v) is 2.36. The molecular formula is C8H7NO6S. The molecule has 0 radical (unpaired) electrons. The van der Waals surface area contributed by atoms with Gasteiger partial charge in [0, 0.05) is 6.07 Å². The van der Waals surface area contributed by atoms with Gasteiger partial charge in [0.2, 0.25) is 0 Å². The van der Waals surface area contributed by atoms with Crippen molar-refractivity contribution < 1.29 is 23.6 Å². The topological polar surface area (TPSA) is 118 Å². The summed E-state index contributed by atoms with van der Waals surface area (Å²) in [5.74, 6) is -1.69. The number of nitrogens with zero attached hydrogens (tertiary/aromatic N) is 1. The molecule has 1 rings (SSSR count). The predicted octanol–water partition coefficient (Wildman–Crippen LogP) is 1.01. The highest BCUT2D eigenvalue weighted by Crippen LogP contribution is 2.21. The van der Waals surface area contributed by atoms with E-state index in [1.807, 2.05) is 0 Å². The SMILES string of the molecule is O=C(O)c1ccc(CS(=O)O)cc1[N+](=O)[O-]. The van der Waals surface area contributed by atoms with Gasteiger partial charge in [-0.25, -0.2) is 9.00 Å². The Morgan fingerprint density at radius 2 is 2.12 bits per heavy atom. The summed E-state index contributed by atoms with van der Waals surface area (Å²) >= 11 is -2.13. The van der Waals surface area contributed by atoms with E-state index in [9.17, 15) is 19.1 Å². The van der Waals surface area contributed by atoms with E-state index in [2.05, 4.69) is 0 Å². The van der Waals surface area contributed by atoms with Crippen molar-refractivity contribution in [2.45, 2.75) is 5.75 Å². The number of benzene rings is 1. The van der Waals surface area contributed by atoms with Crippen LogP contribution in [0.25, 0.3) is 0 Å². The van der Waals surface area contributed by atoms with E-state index in [0.29, 0.717) is 0 Å². The standard InChI is InChI=1S/C8H7NO6S/c10-8(11)6-2-1-5(4-16(14)15)3-7(6)9(12)13/h1-3H,4H2,(H,10,11)(H,14,15). The highest BCUT2D eigenvalue weighted by molar-refractivity contribution is 7.78. The van der Waals surface area contributed by atoms with Crippen LogP contribution in [-0.2, 0) is 16.8 Å². The quantitative estimate of drug-likeness (QED) is 0.464. The molecule has 1 aromatic rings. The molecule has 0 heterocycles. The summed E-state index contributed by atoms with van der Waals surface area (Å²) in [6, 6.07) is 3.30. The third kappa shape index (κ3) is 2.84. The average molecular weight is 245 g/mol. The second kappa shape index (κ2) is 4.81. The molecule has 0 fully saturated rings. The van der Waals surface area contributed by atoms with Crippen LogP contribution in [0.5, 0.6) is 0 Å². The van der Waals surface area contributed by atoms with Gasteiger partial charge in [-0.15, -0.1) is 0 Å². The number of nitro benzene ring substituents is 1. The Kier molecular flexibility index (Phi) is 3.69. The number of rotatable bonds is 4. The molecule has 16 heavy (non-hydrogen) atoms. The van der Waals surface area contributed by atoms with Crippen LogP contribution < -0.4 is 0 Å². The van der Waals surface area contributed by atoms with Crippen molar-refractivity contribution in [3.8, 4) is 0 Å². The van der Waals surface area contributed by atoms with E-state index >= 15 is 0 Å². The average Bonchev–Trinajstić information content (AvgIpc) is 2.16. The Hall–Kier alpha value is -1.80. The second-order valence-corrected chi connectivity index (χ2v) is 3.81. The third-order valence-electron chi connectivity index (χ3n) is 1.78. The molecule has 0 aromatic heterocycles. The lowest BCUT2D eigenvalue weighted by Crippen LogP contribution is -2.04. The van der Waals surface area contributed by atoms with Crippen LogP contribution >= 0.6 is 0 Å². The summed E-state index contributed by atoms with van der Waals surface area (Å²) in [4.78, 5) is 20.4. The molecule has 1 aromatic carbocycles. The van der Waals surface area contributed by atoms with Crippen LogP contribution in [0.15, 0.2) is 18.2 Å². The minimum Gasteiger partial charge on any atom is -0.477 e. The van der Waals surface area contributed by atoms with Gasteiger partial charge in [0.05, 0.1) is 10.7 Å². The van der Waals surface area contributed by atoms with Crippen molar-refractivity contribution in [3.05, 3.63) is 39.4 Å². The van der Waals surface area contributed by atoms with Crippen LogP contribution in [0.4, 0.5) is 5.69 Å². The summed E-state index contributed by atoms with van der Waals surface area (Å²) < 4.78 is 19.1. The van der Waals surface area contributed by atoms with E-state index in [-0.39, 0.29) is 11.3 Å². The van der Waals surface area contributed by atoms with Gasteiger partial charge in [-0.1, -0.05) is 6.07 Å². The minimum absolute atomic E-state index is 0.234. The first kappa shape index (κ1) is 12.3. The normalized spacial score (nSPS) is 12.1. The fourth-order valence-corrected chi connectivity index (χ4v) is 1.61. The molecule has 7 nitrogen and oxygen atoms in total. The molecule has 0 spiro atoms. The van der Waals surface area contributed by atoms with Crippen molar-refractivity contribution in [2.24, 2.45) is 0 Å². The van der Waals surface area contributed by atoms with Crippen molar-refractivity contribution in [3.63, 3.8) is 0 Å². The fourth-order valence-electron chi connectivity index (χ4n) is 1.14. The van der Waals surface area contributed by atoms with Gasteiger partial charge in [-0.05, 0) is 11.6 Å². The van der Waals surface area contributed by atoms with Crippen LogP contribution in [0.3, 0.4) is 0 Å². The maximum absolute atomic E-state index is 10.6. The van der Waals surface area contributed by atoms with Crippen molar-refractivity contribution in [2.75, 3.05) is 0 Å². The monoisotopic (exact) mass is 245 g/mol. The van der Waals surface area contributed by atoms with Gasteiger partial charge < -0.3 is 9.66 Å². The lowest BCUT2D eigenvalue weighted by Gasteiger charge is -2.01. The summed E-state index contributed by atoms with van der Waals surface area (Å²) in [5.41, 5.74) is -0.801. The highest BCUT2D eigenvalue weighted by atomic mass is 32.2. The largest absolute Gasteiger partial charge is 0.477 e. The van der Waals surface area contributed by atoms with Crippen LogP contribution in [0.2, 0.25) is 0 Å². The summed E-state index contributed by atoms with van der Waals surface area (Å²) in [6.07, 6.45) is 0. The number of aromatic carboxylic acids is 1. The summed E-state index contributed by atoms with van der Waals surface area (Å²) in [7, 11) is 0. The van der Waals surface area contributed by atoms with E-state index in [4.69, 9.17) is 9.66 Å². The number of carbonyl (C=O) groups is 1. The molecule has 1 unspecified atom stereocenters. The van der Waals surface area contributed by atoms with Crippen molar-refractivity contribution in [1.29, 1.82) is 0 Å². The molecule has 0 aliphatic rings. The van der Waals surface area contributed by atoms with Crippen LogP contribution in [0, 0.1) is 10.1 Å². The van der Waals surface area contributed by atoms with Crippen molar-refractivity contribution >= 4 is 22.7 Å². The number of nitro groups is 1. The van der Waals surface area contributed by atoms with Gasteiger partial charge in [0.1, 0.15) is 5.56 Å². The number of hydrogen-bond acceptors (Lipinski definition) is 4. The number of carboxylic acid groups (broad SMARTS) is 1. The van der Waals surface area contributed by atoms with Gasteiger partial charge in [0.15, 0.2) is 11.1 Å². The lowest BCUT2D eigenvalue weighted by atomic mass is 10.1. The van der Waals surface area contributed by atoms with Crippen LogP contribution in [0.1, 0.15) is 15.9 Å². The zero-order valence-corrected chi connectivity index (χ0v) is 8.64. The van der Waals surface area contributed by atoms with Crippen molar-refractivity contribution in [1.82, 2.24) is 0 Å². The number of hydrogen-bond donors (Lipinski definition) is 2. The summed E-state index contributed by atoms with van der Waals surface area (Å²) in [5, 5.41) is 19.2. The zero-order valence-electron chi connectivity index (χ0n) is 7.82. The van der Waals surface area contributed by atoms with Gasteiger partial charge in [-0.2, -0.15) is 0 Å². The Bertz CT molecular complexity index is 472. The molecule has 2 N–H and O–H groups in total. The molecule has 0 aliphatic heterocycles. The highest BCUT2D eigenvalue weighted by Gasteiger charge is 2.20. The van der Waals surface area contributed by atoms with E-state index in [1.165, 1.54) is 6.07 Å². The summed E-state index contributed by atoms with van der Waals surface area (Å²) in [6.45, 7) is 0. The Morgan fingerprint density at radius 3 is 2.56 bits per heavy atom. The molecule has 1 atom stereocenters. The van der Waals surface area contributed by atoms with Gasteiger partial charge in [0.25, 0.3) is 5.69 Å². The maximum atomic E-state index is 10.6. The predicted molar refractivity (Wildman–Crippen MR) is 54.5 cm³/mol. The first-order chi connectivity index (χ1) is 7.41. The molecular weight excluding hydrogens is 238 g/mol. The number of carboxylic acids is 1. The first-order valence-electron chi connectivity index (χ1n) is 4.00. The van der Waals surface area contributed by atoms with Gasteiger partial charge in [-0.3, -0.25) is 10.1 Å². The van der Waals surface area contributed by atoms with Gasteiger partial charge >= 0.3 is 5.97 Å². The second-order valence-electron chi connectivity index (χ2n) is 2.88. The first-order valence-corrected chi connectivity index (χ1v) is 5.27. The molecule has 0 saturated carbocycles. The molecule has 0 amide bonds. The van der Waals surface area contributed by atoms with Crippen LogP contribution in [-0.4, -0.2) is 24.8 Å². The molecule has 86 valence electrons. The lowest BCUT2D eigenvalue weighted by molar-refractivity contribution is -0.385.